The first-order chi connectivity index (χ1) is 13.8. The minimum Gasteiger partial charge on any atom is -0.474 e. The topological polar surface area (TPSA) is 71.4 Å². The number of halogens is 1. The van der Waals surface area contributed by atoms with Gasteiger partial charge in [0.2, 0.25) is 5.88 Å². The fourth-order valence-corrected chi connectivity index (χ4v) is 4.04. The van der Waals surface area contributed by atoms with Gasteiger partial charge in [-0.25, -0.2) is 15.0 Å². The van der Waals surface area contributed by atoms with Crippen molar-refractivity contribution in [1.82, 2.24) is 20.6 Å². The van der Waals surface area contributed by atoms with E-state index in [2.05, 4.69) is 39.4 Å². The minimum absolute atomic E-state index is 0. The summed E-state index contributed by atoms with van der Waals surface area (Å²) >= 11 is 1.79. The summed E-state index contributed by atoms with van der Waals surface area (Å²) in [6.45, 7) is 6.46. The highest BCUT2D eigenvalue weighted by atomic mass is 127. The molecular formula is C21H32IN5OS. The zero-order chi connectivity index (χ0) is 19.6. The molecule has 1 aliphatic carbocycles. The molecule has 8 heteroatoms. The smallest absolute Gasteiger partial charge is 0.213 e. The number of aliphatic imine (C=N–C) groups is 1. The van der Waals surface area contributed by atoms with E-state index in [1.807, 2.05) is 24.5 Å². The largest absolute Gasteiger partial charge is 0.474 e. The molecular weight excluding hydrogens is 497 g/mol. The van der Waals surface area contributed by atoms with Crippen molar-refractivity contribution in [2.75, 3.05) is 13.1 Å². The van der Waals surface area contributed by atoms with Crippen molar-refractivity contribution in [1.29, 1.82) is 0 Å². The van der Waals surface area contributed by atoms with Crippen LogP contribution in [-0.2, 0) is 19.4 Å². The van der Waals surface area contributed by atoms with Crippen LogP contribution in [0.5, 0.6) is 5.88 Å². The van der Waals surface area contributed by atoms with Gasteiger partial charge in [-0.1, -0.05) is 13.0 Å². The lowest BCUT2D eigenvalue weighted by Gasteiger charge is -2.12. The number of aromatic nitrogens is 2. The van der Waals surface area contributed by atoms with Crippen molar-refractivity contribution in [2.45, 2.75) is 65.0 Å². The van der Waals surface area contributed by atoms with Crippen LogP contribution in [0, 0.1) is 0 Å². The zero-order valence-electron chi connectivity index (χ0n) is 17.3. The van der Waals surface area contributed by atoms with Gasteiger partial charge in [-0.3, -0.25) is 0 Å². The molecule has 2 aromatic heterocycles. The molecule has 0 aromatic carbocycles. The third kappa shape index (κ3) is 8.08. The SMILES string of the molecule is CCNC(=NCc1ccc(OC2CCCC2)nc1)NCCc1ncc(CC)s1.I. The number of guanidine groups is 1. The predicted molar refractivity (Wildman–Crippen MR) is 131 cm³/mol. The molecule has 0 saturated heterocycles. The molecule has 6 nitrogen and oxygen atoms in total. The fraction of sp³-hybridized carbons (Fsp3) is 0.571. The van der Waals surface area contributed by atoms with Gasteiger partial charge in [0.15, 0.2) is 5.96 Å². The first-order valence-corrected chi connectivity index (χ1v) is 11.2. The number of nitrogens with zero attached hydrogens (tertiary/aromatic N) is 3. The summed E-state index contributed by atoms with van der Waals surface area (Å²) in [5.74, 6) is 1.54. The molecule has 29 heavy (non-hydrogen) atoms. The van der Waals surface area contributed by atoms with Crippen molar-refractivity contribution >= 4 is 41.3 Å². The number of hydrogen-bond acceptors (Lipinski definition) is 5. The second kappa shape index (κ2) is 13.0. The summed E-state index contributed by atoms with van der Waals surface area (Å²) in [7, 11) is 0. The Labute approximate surface area is 195 Å². The molecule has 0 amide bonds. The number of aryl methyl sites for hydroxylation is 1. The van der Waals surface area contributed by atoms with Crippen molar-refractivity contribution in [3.8, 4) is 5.88 Å². The molecule has 0 spiro atoms. The number of hydrogen-bond donors (Lipinski definition) is 2. The summed E-state index contributed by atoms with van der Waals surface area (Å²) in [6.07, 6.45) is 11.0. The van der Waals surface area contributed by atoms with E-state index in [0.29, 0.717) is 12.6 Å². The Balaban J connectivity index is 0.00000300. The molecule has 1 fully saturated rings. The molecule has 3 rings (SSSR count). The monoisotopic (exact) mass is 529 g/mol. The third-order valence-electron chi connectivity index (χ3n) is 4.73. The predicted octanol–water partition coefficient (Wildman–Crippen LogP) is 4.34. The van der Waals surface area contributed by atoms with Gasteiger partial charge < -0.3 is 15.4 Å². The van der Waals surface area contributed by atoms with Crippen LogP contribution in [0.15, 0.2) is 29.5 Å². The van der Waals surface area contributed by atoms with E-state index < -0.39 is 0 Å². The van der Waals surface area contributed by atoms with Crippen LogP contribution in [-0.4, -0.2) is 35.1 Å². The number of rotatable bonds is 9. The first kappa shape index (κ1) is 23.9. The molecule has 1 saturated carbocycles. The molecule has 0 radical (unpaired) electrons. The average Bonchev–Trinajstić information content (AvgIpc) is 3.39. The maximum absolute atomic E-state index is 5.92. The number of ether oxygens (including phenoxy) is 1. The van der Waals surface area contributed by atoms with Gasteiger partial charge >= 0.3 is 0 Å². The summed E-state index contributed by atoms with van der Waals surface area (Å²) in [4.78, 5) is 14.9. The van der Waals surface area contributed by atoms with E-state index in [1.54, 1.807) is 11.3 Å². The Hall–Kier alpha value is -1.42. The minimum atomic E-state index is 0. The van der Waals surface area contributed by atoms with Crippen LogP contribution in [0.25, 0.3) is 0 Å². The van der Waals surface area contributed by atoms with Crippen LogP contribution in [0.4, 0.5) is 0 Å². The quantitative estimate of drug-likeness (QED) is 0.288. The van der Waals surface area contributed by atoms with Crippen molar-refractivity contribution in [3.05, 3.63) is 40.0 Å². The highest BCUT2D eigenvalue weighted by molar-refractivity contribution is 14.0. The van der Waals surface area contributed by atoms with E-state index in [4.69, 9.17) is 4.74 Å². The average molecular weight is 529 g/mol. The van der Waals surface area contributed by atoms with Crippen molar-refractivity contribution in [3.63, 3.8) is 0 Å². The second-order valence-electron chi connectivity index (χ2n) is 6.97. The Morgan fingerprint density at radius 3 is 2.66 bits per heavy atom. The summed E-state index contributed by atoms with van der Waals surface area (Å²) in [6, 6.07) is 4.00. The summed E-state index contributed by atoms with van der Waals surface area (Å²) < 4.78 is 5.92. The standard InChI is InChI=1S/C21H31N5OS.HI/c1-3-18-15-25-20(28-18)11-12-23-21(22-4-2)26-14-16-9-10-19(24-13-16)27-17-7-5-6-8-17;/h9-10,13,15,17H,3-8,11-12,14H2,1-2H3,(H2,22,23,26);1H. The number of thiazole rings is 1. The molecule has 2 heterocycles. The molecule has 2 aromatic rings. The highest BCUT2D eigenvalue weighted by Crippen LogP contribution is 2.22. The van der Waals surface area contributed by atoms with Crippen LogP contribution >= 0.6 is 35.3 Å². The number of nitrogens with one attached hydrogen (secondary N) is 2. The molecule has 0 unspecified atom stereocenters. The van der Waals surface area contributed by atoms with Gasteiger partial charge in [0.25, 0.3) is 0 Å². The van der Waals surface area contributed by atoms with Gasteiger partial charge in [-0.2, -0.15) is 0 Å². The Morgan fingerprint density at radius 1 is 1.17 bits per heavy atom. The van der Waals surface area contributed by atoms with Crippen LogP contribution in [0.1, 0.15) is 55.0 Å². The Morgan fingerprint density at radius 2 is 2.00 bits per heavy atom. The molecule has 2 N–H and O–H groups in total. The van der Waals surface area contributed by atoms with Crippen LogP contribution in [0.2, 0.25) is 0 Å². The summed E-state index contributed by atoms with van der Waals surface area (Å²) in [5, 5.41) is 7.85. The van der Waals surface area contributed by atoms with E-state index in [1.165, 1.54) is 22.7 Å². The van der Waals surface area contributed by atoms with Crippen LogP contribution in [0.3, 0.4) is 0 Å². The maximum atomic E-state index is 5.92. The Bertz CT molecular complexity index is 744. The lowest BCUT2D eigenvalue weighted by Crippen LogP contribution is -2.38. The van der Waals surface area contributed by atoms with Gasteiger partial charge in [-0.05, 0) is 44.6 Å². The van der Waals surface area contributed by atoms with Gasteiger partial charge in [0, 0.05) is 42.8 Å². The third-order valence-corrected chi connectivity index (χ3v) is 5.93. The van der Waals surface area contributed by atoms with Gasteiger partial charge in [0.05, 0.1) is 11.6 Å². The fourth-order valence-electron chi connectivity index (χ4n) is 3.18. The highest BCUT2D eigenvalue weighted by Gasteiger charge is 2.16. The van der Waals surface area contributed by atoms with Crippen molar-refractivity contribution < 1.29 is 4.74 Å². The van der Waals surface area contributed by atoms with Crippen LogP contribution < -0.4 is 15.4 Å². The lowest BCUT2D eigenvalue weighted by atomic mass is 10.3. The normalized spacial score (nSPS) is 14.5. The van der Waals surface area contributed by atoms with E-state index in [-0.39, 0.29) is 24.0 Å². The first-order valence-electron chi connectivity index (χ1n) is 10.3. The molecule has 0 atom stereocenters. The number of pyridine rings is 1. The molecule has 0 bridgehead atoms. The molecule has 0 aliphatic heterocycles. The van der Waals surface area contributed by atoms with E-state index in [9.17, 15) is 0 Å². The van der Waals surface area contributed by atoms with E-state index >= 15 is 0 Å². The summed E-state index contributed by atoms with van der Waals surface area (Å²) in [5.41, 5.74) is 1.07. The van der Waals surface area contributed by atoms with E-state index in [0.717, 1.165) is 56.2 Å². The molecule has 160 valence electrons. The maximum Gasteiger partial charge on any atom is 0.213 e. The van der Waals surface area contributed by atoms with Gasteiger partial charge in [0.1, 0.15) is 6.10 Å². The van der Waals surface area contributed by atoms with Crippen molar-refractivity contribution in [2.24, 2.45) is 4.99 Å². The second-order valence-corrected chi connectivity index (χ2v) is 8.17. The zero-order valence-corrected chi connectivity index (χ0v) is 20.5. The Kier molecular flexibility index (Phi) is 10.7. The lowest BCUT2D eigenvalue weighted by molar-refractivity contribution is 0.201. The molecule has 1 aliphatic rings. The van der Waals surface area contributed by atoms with Gasteiger partial charge in [-0.15, -0.1) is 35.3 Å².